The molecular formula is C21H31NO4. The van der Waals surface area contributed by atoms with Crippen LogP contribution in [0.3, 0.4) is 0 Å². The van der Waals surface area contributed by atoms with Crippen LogP contribution in [0.2, 0.25) is 0 Å². The normalized spacial score (nSPS) is 19.9. The fourth-order valence-electron chi connectivity index (χ4n) is 3.27. The summed E-state index contributed by atoms with van der Waals surface area (Å²) in [5.41, 5.74) is 0. The van der Waals surface area contributed by atoms with Crippen LogP contribution in [0.5, 0.6) is 0 Å². The third-order valence-corrected chi connectivity index (χ3v) is 4.78. The van der Waals surface area contributed by atoms with Crippen LogP contribution in [0.4, 0.5) is 4.79 Å². The second-order valence-corrected chi connectivity index (χ2v) is 6.93. The van der Waals surface area contributed by atoms with Crippen molar-refractivity contribution < 1.29 is 19.1 Å². The van der Waals surface area contributed by atoms with E-state index in [4.69, 9.17) is 9.47 Å². The number of rotatable bonds is 10. The van der Waals surface area contributed by atoms with E-state index in [0.29, 0.717) is 18.8 Å². The average Bonchev–Trinajstić information content (AvgIpc) is 3.22. The van der Waals surface area contributed by atoms with Crippen molar-refractivity contribution in [2.24, 2.45) is 0 Å². The summed E-state index contributed by atoms with van der Waals surface area (Å²) in [5, 5.41) is 0. The summed E-state index contributed by atoms with van der Waals surface area (Å²) in [6, 6.07) is 0.0955. The number of unbranched alkanes of at least 4 members (excludes halogenated alkanes) is 6. The van der Waals surface area contributed by atoms with Crippen molar-refractivity contribution in [3.63, 3.8) is 0 Å². The van der Waals surface area contributed by atoms with E-state index >= 15 is 0 Å². The molecular weight excluding hydrogens is 330 g/mol. The molecule has 26 heavy (non-hydrogen) atoms. The first-order valence-electron chi connectivity index (χ1n) is 10.0. The lowest BCUT2D eigenvalue weighted by Gasteiger charge is -2.08. The van der Waals surface area contributed by atoms with Gasteiger partial charge in [0.15, 0.2) is 0 Å². The molecule has 0 aromatic carbocycles. The maximum absolute atomic E-state index is 11.6. The number of carbonyl (C=O) groups excluding carboxylic acids is 2. The molecule has 2 heterocycles. The van der Waals surface area contributed by atoms with Crippen LogP contribution in [-0.4, -0.2) is 36.2 Å². The zero-order valence-electron chi connectivity index (χ0n) is 15.9. The Morgan fingerprint density at radius 2 is 2.12 bits per heavy atom. The summed E-state index contributed by atoms with van der Waals surface area (Å²) in [4.78, 5) is 25.0. The SMILES string of the molecule is CCCCCCCC(=O)OCCCCC#C/C=C1/OC(=O)N2CCC[C@@H]12. The van der Waals surface area contributed by atoms with Crippen molar-refractivity contribution in [1.82, 2.24) is 4.90 Å². The van der Waals surface area contributed by atoms with Crippen molar-refractivity contribution in [2.45, 2.75) is 83.6 Å². The lowest BCUT2D eigenvalue weighted by Crippen LogP contribution is -2.26. The van der Waals surface area contributed by atoms with E-state index in [1.807, 2.05) is 0 Å². The van der Waals surface area contributed by atoms with Gasteiger partial charge in [-0.25, -0.2) is 4.79 Å². The zero-order valence-corrected chi connectivity index (χ0v) is 15.9. The van der Waals surface area contributed by atoms with Gasteiger partial charge in [0.05, 0.1) is 12.6 Å². The van der Waals surface area contributed by atoms with Crippen molar-refractivity contribution in [2.75, 3.05) is 13.2 Å². The van der Waals surface area contributed by atoms with Crippen LogP contribution in [0.1, 0.15) is 77.6 Å². The largest absolute Gasteiger partial charge is 0.466 e. The molecule has 0 aromatic rings. The van der Waals surface area contributed by atoms with Gasteiger partial charge >= 0.3 is 12.1 Å². The van der Waals surface area contributed by atoms with Gasteiger partial charge in [-0.1, -0.05) is 44.4 Å². The minimum atomic E-state index is -0.243. The third kappa shape index (κ3) is 6.74. The lowest BCUT2D eigenvalue weighted by atomic mass is 10.1. The molecule has 0 saturated carbocycles. The van der Waals surface area contributed by atoms with Gasteiger partial charge in [0.25, 0.3) is 0 Å². The molecule has 2 rings (SSSR count). The Labute approximate surface area is 157 Å². The van der Waals surface area contributed by atoms with Gasteiger partial charge < -0.3 is 9.47 Å². The minimum absolute atomic E-state index is 0.0820. The molecule has 2 aliphatic heterocycles. The number of cyclic esters (lactones) is 1. The molecule has 5 heteroatoms. The number of allylic oxidation sites excluding steroid dienone is 1. The second kappa shape index (κ2) is 11.6. The molecule has 0 bridgehead atoms. The number of nitrogens with zero attached hydrogens (tertiary/aromatic N) is 1. The topological polar surface area (TPSA) is 55.8 Å². The van der Waals surface area contributed by atoms with Crippen LogP contribution in [-0.2, 0) is 14.3 Å². The molecule has 2 aliphatic rings. The summed E-state index contributed by atoms with van der Waals surface area (Å²) in [6.45, 7) is 3.44. The number of fused-ring (bicyclic) bond motifs is 1. The Morgan fingerprint density at radius 1 is 1.27 bits per heavy atom. The summed E-state index contributed by atoms with van der Waals surface area (Å²) < 4.78 is 10.5. The lowest BCUT2D eigenvalue weighted by molar-refractivity contribution is -0.143. The van der Waals surface area contributed by atoms with Crippen molar-refractivity contribution in [3.05, 3.63) is 11.8 Å². The smallest absolute Gasteiger partial charge is 0.415 e. The van der Waals surface area contributed by atoms with Gasteiger partial charge in [-0.3, -0.25) is 9.69 Å². The Kier molecular flexibility index (Phi) is 9.09. The number of ether oxygens (including phenoxy) is 2. The Balaban J connectivity index is 1.50. The molecule has 0 aliphatic carbocycles. The first kappa shape index (κ1) is 20.4. The molecule has 0 aromatic heterocycles. The van der Waals surface area contributed by atoms with Crippen LogP contribution in [0.15, 0.2) is 11.8 Å². The monoisotopic (exact) mass is 361 g/mol. The van der Waals surface area contributed by atoms with Gasteiger partial charge in [0, 0.05) is 25.5 Å². The fraction of sp³-hybridized carbons (Fsp3) is 0.714. The Bertz CT molecular complexity index is 558. The van der Waals surface area contributed by atoms with E-state index in [0.717, 1.165) is 51.5 Å². The highest BCUT2D eigenvalue weighted by Gasteiger charge is 2.40. The summed E-state index contributed by atoms with van der Waals surface area (Å²) >= 11 is 0. The minimum Gasteiger partial charge on any atom is -0.466 e. The highest BCUT2D eigenvalue weighted by atomic mass is 16.6. The predicted molar refractivity (Wildman–Crippen MR) is 100 cm³/mol. The third-order valence-electron chi connectivity index (χ3n) is 4.78. The second-order valence-electron chi connectivity index (χ2n) is 6.93. The molecule has 0 radical (unpaired) electrons. The maximum Gasteiger partial charge on any atom is 0.415 e. The summed E-state index contributed by atoms with van der Waals surface area (Å²) in [7, 11) is 0. The van der Waals surface area contributed by atoms with E-state index in [2.05, 4.69) is 18.8 Å². The van der Waals surface area contributed by atoms with E-state index < -0.39 is 0 Å². The van der Waals surface area contributed by atoms with Crippen molar-refractivity contribution >= 4 is 12.1 Å². The standard InChI is InChI=1S/C21H31NO4/c1-2-3-4-6-10-15-20(23)25-17-11-8-5-7-9-14-19-18-13-12-16-22(18)21(24)26-19/h14,18H,2-6,8,10-13,15-17H2,1H3/b19-14+/t18-/m0/s1. The van der Waals surface area contributed by atoms with E-state index in [9.17, 15) is 9.59 Å². The maximum atomic E-state index is 11.6. The average molecular weight is 361 g/mol. The van der Waals surface area contributed by atoms with Crippen LogP contribution >= 0.6 is 0 Å². The first-order valence-corrected chi connectivity index (χ1v) is 10.0. The first-order chi connectivity index (χ1) is 12.7. The van der Waals surface area contributed by atoms with E-state index in [1.54, 1.807) is 11.0 Å². The highest BCUT2D eigenvalue weighted by molar-refractivity contribution is 5.73. The number of amides is 1. The van der Waals surface area contributed by atoms with Crippen molar-refractivity contribution in [1.29, 1.82) is 0 Å². The van der Waals surface area contributed by atoms with Gasteiger partial charge in [-0.15, -0.1) is 0 Å². The quantitative estimate of drug-likeness (QED) is 0.325. The molecule has 0 unspecified atom stereocenters. The summed E-state index contributed by atoms with van der Waals surface area (Å²) in [5.74, 6) is 6.66. The molecule has 1 amide bonds. The van der Waals surface area contributed by atoms with Crippen LogP contribution < -0.4 is 0 Å². The molecule has 0 spiro atoms. The fourth-order valence-corrected chi connectivity index (χ4v) is 3.27. The number of hydrogen-bond donors (Lipinski definition) is 0. The Morgan fingerprint density at radius 3 is 2.96 bits per heavy atom. The number of hydrogen-bond acceptors (Lipinski definition) is 4. The zero-order chi connectivity index (χ0) is 18.6. The predicted octanol–water partition coefficient (Wildman–Crippen LogP) is 4.56. The number of carbonyl (C=O) groups is 2. The van der Waals surface area contributed by atoms with Gasteiger partial charge in [0.1, 0.15) is 5.76 Å². The van der Waals surface area contributed by atoms with Crippen LogP contribution in [0.25, 0.3) is 0 Å². The van der Waals surface area contributed by atoms with Crippen LogP contribution in [0, 0.1) is 11.8 Å². The molecule has 2 saturated heterocycles. The molecule has 5 nitrogen and oxygen atoms in total. The van der Waals surface area contributed by atoms with E-state index in [-0.39, 0.29) is 18.1 Å². The van der Waals surface area contributed by atoms with Gasteiger partial charge in [-0.2, -0.15) is 0 Å². The van der Waals surface area contributed by atoms with E-state index in [1.165, 1.54) is 19.3 Å². The molecule has 1 atom stereocenters. The number of esters is 1. The Hall–Kier alpha value is -1.96. The van der Waals surface area contributed by atoms with Crippen molar-refractivity contribution in [3.8, 4) is 11.8 Å². The molecule has 144 valence electrons. The molecule has 2 fully saturated rings. The highest BCUT2D eigenvalue weighted by Crippen LogP contribution is 2.31. The van der Waals surface area contributed by atoms with Gasteiger partial charge in [-0.05, 0) is 32.1 Å². The summed E-state index contributed by atoms with van der Waals surface area (Å²) in [6.07, 6.45) is 12.2. The van der Waals surface area contributed by atoms with Gasteiger partial charge in [0.2, 0.25) is 0 Å². The molecule has 0 N–H and O–H groups in total.